The van der Waals surface area contributed by atoms with E-state index in [0.29, 0.717) is 37.2 Å². The summed E-state index contributed by atoms with van der Waals surface area (Å²) in [7, 11) is 0. The Morgan fingerprint density at radius 3 is 2.52 bits per heavy atom. The summed E-state index contributed by atoms with van der Waals surface area (Å²) in [6, 6.07) is 5.72. The molecule has 8 heteroatoms. The molecule has 0 radical (unpaired) electrons. The third-order valence-corrected chi connectivity index (χ3v) is 4.26. The molecule has 0 bridgehead atoms. The minimum absolute atomic E-state index is 0.131. The van der Waals surface area contributed by atoms with Gasteiger partial charge < -0.3 is 4.90 Å². The van der Waals surface area contributed by atoms with Gasteiger partial charge >= 0.3 is 6.18 Å². The summed E-state index contributed by atoms with van der Waals surface area (Å²) in [5.74, 6) is -0.305. The van der Waals surface area contributed by atoms with Crippen LogP contribution in [-0.2, 0) is 11.0 Å². The lowest BCUT2D eigenvalue weighted by molar-refractivity contribution is -0.739. The maximum absolute atomic E-state index is 13.1. The van der Waals surface area contributed by atoms with Crippen LogP contribution in [0.5, 0.6) is 0 Å². The molecule has 124 valence electrons. The highest BCUT2D eigenvalue weighted by Crippen LogP contribution is 2.38. The minimum atomic E-state index is -4.34. The molecule has 1 amide bonds. The molecule has 2 heterocycles. The van der Waals surface area contributed by atoms with Crippen LogP contribution in [0.2, 0.25) is 0 Å². The number of halogens is 3. The quantitative estimate of drug-likeness (QED) is 0.706. The highest BCUT2D eigenvalue weighted by Gasteiger charge is 2.36. The molecule has 0 aromatic heterocycles. The summed E-state index contributed by atoms with van der Waals surface area (Å²) < 4.78 is 39.4. The second kappa shape index (κ2) is 6.11. The normalized spacial score (nSPS) is 19.1. The monoisotopic (exact) mass is 327 g/mol. The number of benzene rings is 1. The van der Waals surface area contributed by atoms with Gasteiger partial charge in [-0.25, -0.2) is 10.9 Å². The molecule has 0 unspecified atom stereocenters. The fourth-order valence-electron chi connectivity index (χ4n) is 3.08. The average Bonchev–Trinajstić information content (AvgIpc) is 3.08. The van der Waals surface area contributed by atoms with Crippen molar-refractivity contribution in [1.82, 2.24) is 15.8 Å². The topological polar surface area (TPSA) is 61.0 Å². The minimum Gasteiger partial charge on any atom is -0.337 e. The summed E-state index contributed by atoms with van der Waals surface area (Å²) in [5.41, 5.74) is 7.37. The van der Waals surface area contributed by atoms with Crippen molar-refractivity contribution >= 4 is 5.91 Å². The van der Waals surface area contributed by atoms with E-state index >= 15 is 0 Å². The fourth-order valence-corrected chi connectivity index (χ4v) is 3.08. The lowest BCUT2D eigenvalue weighted by Crippen LogP contribution is -2.96. The molecular weight excluding hydrogens is 309 g/mol. The van der Waals surface area contributed by atoms with Crippen molar-refractivity contribution in [2.45, 2.75) is 24.9 Å². The van der Waals surface area contributed by atoms with Crippen LogP contribution >= 0.6 is 0 Å². The second-order valence-electron chi connectivity index (χ2n) is 5.66. The third kappa shape index (κ3) is 3.26. The van der Waals surface area contributed by atoms with Gasteiger partial charge in [0.2, 0.25) is 0 Å². The maximum atomic E-state index is 13.1. The lowest BCUT2D eigenvalue weighted by atomic mass is 9.86. The molecule has 5 nitrogen and oxygen atoms in total. The summed E-state index contributed by atoms with van der Waals surface area (Å²) in [4.78, 5) is 13.9. The van der Waals surface area contributed by atoms with Gasteiger partial charge in [-0.3, -0.25) is 4.79 Å². The zero-order valence-electron chi connectivity index (χ0n) is 12.4. The molecule has 1 aromatic carbocycles. The number of hydrogen-bond donors (Lipinski definition) is 3. The average molecular weight is 327 g/mol. The van der Waals surface area contributed by atoms with Gasteiger partial charge in [-0.2, -0.15) is 18.7 Å². The number of carbonyl (C=O) groups is 1. The predicted molar refractivity (Wildman–Crippen MR) is 76.3 cm³/mol. The molecule has 0 aliphatic carbocycles. The van der Waals surface area contributed by atoms with Gasteiger partial charge in [0.1, 0.15) is 0 Å². The number of nitrogens with zero attached hydrogens (tertiary/aromatic N) is 1. The van der Waals surface area contributed by atoms with E-state index in [2.05, 4.69) is 10.9 Å². The number of likely N-dealkylation sites (tertiary alicyclic amines) is 1. The number of carbonyl (C=O) groups excluding carboxylic acids is 1. The van der Waals surface area contributed by atoms with Gasteiger partial charge in [0.25, 0.3) is 5.91 Å². The van der Waals surface area contributed by atoms with E-state index in [4.69, 9.17) is 0 Å². The van der Waals surface area contributed by atoms with Crippen molar-refractivity contribution in [2.24, 2.45) is 0 Å². The van der Waals surface area contributed by atoms with Crippen LogP contribution in [0.15, 0.2) is 36.2 Å². The molecule has 1 aromatic rings. The second-order valence-corrected chi connectivity index (χ2v) is 5.66. The predicted octanol–water partition coefficient (Wildman–Crippen LogP) is 0.839. The molecule has 2 aliphatic rings. The van der Waals surface area contributed by atoms with Crippen molar-refractivity contribution in [2.75, 3.05) is 13.1 Å². The number of rotatable bonds is 2. The van der Waals surface area contributed by atoms with E-state index in [1.54, 1.807) is 28.8 Å². The Hall–Kier alpha value is -2.22. The smallest absolute Gasteiger partial charge is 0.337 e. The number of nitrogens with two attached hydrogens (primary N) is 1. The fraction of sp³-hybridized carbons (Fsp3) is 0.400. The van der Waals surface area contributed by atoms with E-state index in [0.717, 1.165) is 6.07 Å². The Balaban J connectivity index is 1.69. The molecule has 3 rings (SSSR count). The van der Waals surface area contributed by atoms with E-state index in [-0.39, 0.29) is 11.8 Å². The van der Waals surface area contributed by atoms with E-state index in [1.165, 1.54) is 6.07 Å². The Kier molecular flexibility index (Phi) is 4.16. The highest BCUT2D eigenvalue weighted by atomic mass is 19.4. The van der Waals surface area contributed by atoms with Gasteiger partial charge in [-0.1, -0.05) is 18.2 Å². The third-order valence-electron chi connectivity index (χ3n) is 4.26. The van der Waals surface area contributed by atoms with Crippen LogP contribution in [0.4, 0.5) is 13.2 Å². The Bertz CT molecular complexity index is 621. The van der Waals surface area contributed by atoms with Crippen molar-refractivity contribution in [3.8, 4) is 0 Å². The molecule has 0 atom stereocenters. The standard InChI is InChI=1S/C15H17F3N4O/c16-15(17,18)12-4-2-1-3-11(12)10-5-7-22(8-6-10)14(23)13-9-19-21-20-13/h1-4,9-10,19-21H,5-8H2/p+1. The van der Waals surface area contributed by atoms with Crippen LogP contribution in [-0.4, -0.2) is 23.9 Å². The molecular formula is C15H18F3N4O+. The van der Waals surface area contributed by atoms with Crippen LogP contribution in [0, 0.1) is 0 Å². The van der Waals surface area contributed by atoms with E-state index in [1.807, 2.05) is 0 Å². The highest BCUT2D eigenvalue weighted by molar-refractivity contribution is 5.92. The molecule has 2 aliphatic heterocycles. The summed E-state index contributed by atoms with van der Waals surface area (Å²) >= 11 is 0. The molecule has 1 fully saturated rings. The number of nitrogens with one attached hydrogen (secondary N) is 2. The van der Waals surface area contributed by atoms with E-state index < -0.39 is 11.7 Å². The number of quaternary nitrogens is 1. The number of piperidine rings is 1. The molecule has 4 N–H and O–H groups in total. The number of amides is 1. The Morgan fingerprint density at radius 1 is 1.22 bits per heavy atom. The van der Waals surface area contributed by atoms with Crippen LogP contribution in [0.3, 0.4) is 0 Å². The Morgan fingerprint density at radius 2 is 1.91 bits per heavy atom. The summed E-state index contributed by atoms with van der Waals surface area (Å²) in [6.45, 7) is 0.906. The van der Waals surface area contributed by atoms with Crippen molar-refractivity contribution < 1.29 is 23.5 Å². The first-order chi connectivity index (χ1) is 11.0. The molecule has 23 heavy (non-hydrogen) atoms. The molecule has 0 saturated carbocycles. The van der Waals surface area contributed by atoms with Crippen molar-refractivity contribution in [1.29, 1.82) is 0 Å². The van der Waals surface area contributed by atoms with Gasteiger partial charge in [0.05, 0.1) is 11.8 Å². The van der Waals surface area contributed by atoms with Crippen LogP contribution in [0.1, 0.15) is 29.9 Å². The van der Waals surface area contributed by atoms with Crippen LogP contribution in [0.25, 0.3) is 0 Å². The zero-order chi connectivity index (χ0) is 16.4. The van der Waals surface area contributed by atoms with Crippen molar-refractivity contribution in [3.05, 3.63) is 47.3 Å². The van der Waals surface area contributed by atoms with Crippen molar-refractivity contribution in [3.63, 3.8) is 0 Å². The van der Waals surface area contributed by atoms with Gasteiger partial charge in [0, 0.05) is 13.1 Å². The van der Waals surface area contributed by atoms with Gasteiger partial charge in [0.15, 0.2) is 5.70 Å². The largest absolute Gasteiger partial charge is 0.416 e. The SMILES string of the molecule is O=C(C1=CN[NH2+]N1)N1CCC(c2ccccc2C(F)(F)F)CC1. The number of alkyl halides is 3. The van der Waals surface area contributed by atoms with Crippen LogP contribution < -0.4 is 16.4 Å². The molecule has 0 spiro atoms. The molecule has 1 saturated heterocycles. The Labute approximate surface area is 131 Å². The van der Waals surface area contributed by atoms with Gasteiger partial charge in [-0.15, -0.1) is 0 Å². The maximum Gasteiger partial charge on any atom is 0.416 e. The summed E-state index contributed by atoms with van der Waals surface area (Å²) in [5, 5.41) is 0. The first kappa shape index (κ1) is 15.7. The first-order valence-electron chi connectivity index (χ1n) is 7.46. The van der Waals surface area contributed by atoms with Gasteiger partial charge in [-0.05, 0) is 30.4 Å². The summed E-state index contributed by atoms with van der Waals surface area (Å²) in [6.07, 6.45) is -1.70. The van der Waals surface area contributed by atoms with E-state index in [9.17, 15) is 18.0 Å². The lowest BCUT2D eigenvalue weighted by Gasteiger charge is -2.33. The zero-order valence-corrected chi connectivity index (χ0v) is 12.4. The first-order valence-corrected chi connectivity index (χ1v) is 7.46. The number of hydrogen-bond acceptors (Lipinski definition) is 3.